The van der Waals surface area contributed by atoms with Crippen molar-refractivity contribution in [3.63, 3.8) is 0 Å². The molecule has 0 aliphatic rings. The smallest absolute Gasteiger partial charge is 0.338 e. The Balaban J connectivity index is 2.80. The molecule has 0 spiro atoms. The van der Waals surface area contributed by atoms with Gasteiger partial charge in [-0.25, -0.2) is 9.78 Å². The summed E-state index contributed by atoms with van der Waals surface area (Å²) in [5.74, 6) is -0.177. The van der Waals surface area contributed by atoms with Crippen LogP contribution in [0.15, 0.2) is 12.1 Å². The van der Waals surface area contributed by atoms with Crippen LogP contribution in [0.1, 0.15) is 31.1 Å². The molecule has 0 aliphatic carbocycles. The number of ether oxygens (including phenoxy) is 1. The Morgan fingerprint density at radius 2 is 1.75 bits per heavy atom. The number of nitrogens with zero attached hydrogens (tertiary/aromatic N) is 1. The van der Waals surface area contributed by atoms with Gasteiger partial charge in [-0.3, -0.25) is 0 Å². The van der Waals surface area contributed by atoms with Crippen molar-refractivity contribution in [2.24, 2.45) is 5.92 Å². The Hall–Kier alpha value is -0.800. The van der Waals surface area contributed by atoms with Gasteiger partial charge in [0.1, 0.15) is 16.4 Å². The van der Waals surface area contributed by atoms with Crippen LogP contribution in [0.5, 0.6) is 0 Å². The molecule has 0 aliphatic heterocycles. The lowest BCUT2D eigenvalue weighted by molar-refractivity contribution is 0.0238. The summed E-state index contributed by atoms with van der Waals surface area (Å²) in [6.07, 6.45) is -0.154. The molecule has 0 saturated heterocycles. The Morgan fingerprint density at radius 1 is 1.25 bits per heavy atom. The molecule has 88 valence electrons. The lowest BCUT2D eigenvalue weighted by Crippen LogP contribution is -2.20. The third kappa shape index (κ3) is 3.65. The standard InChI is InChI=1S/C11H13Cl2NO2/c1-6(2)7(3)16-11(15)8-4-9(12)14-10(13)5-8/h4-7H,1-3H3. The number of esters is 1. The molecule has 0 amide bonds. The van der Waals surface area contributed by atoms with Crippen molar-refractivity contribution in [3.05, 3.63) is 28.0 Å². The molecule has 1 aromatic rings. The molecule has 0 fully saturated rings. The van der Waals surface area contributed by atoms with Crippen molar-refractivity contribution in [1.82, 2.24) is 4.98 Å². The molecule has 0 aromatic carbocycles. The Kier molecular flexibility index (Phi) is 4.56. The van der Waals surface area contributed by atoms with E-state index in [0.717, 1.165) is 0 Å². The highest BCUT2D eigenvalue weighted by Gasteiger charge is 2.15. The largest absolute Gasteiger partial charge is 0.459 e. The average molecular weight is 262 g/mol. The van der Waals surface area contributed by atoms with Crippen molar-refractivity contribution in [2.75, 3.05) is 0 Å². The molecule has 0 saturated carbocycles. The summed E-state index contributed by atoms with van der Waals surface area (Å²) in [6.45, 7) is 5.79. The lowest BCUT2D eigenvalue weighted by atomic mass is 10.1. The van der Waals surface area contributed by atoms with Crippen molar-refractivity contribution in [1.29, 1.82) is 0 Å². The minimum Gasteiger partial charge on any atom is -0.459 e. The fourth-order valence-corrected chi connectivity index (χ4v) is 1.42. The van der Waals surface area contributed by atoms with Gasteiger partial charge in [-0.1, -0.05) is 37.0 Å². The molecule has 1 unspecified atom stereocenters. The van der Waals surface area contributed by atoms with Crippen LogP contribution in [0.3, 0.4) is 0 Å². The number of carbonyl (C=O) groups excluding carboxylic acids is 1. The van der Waals surface area contributed by atoms with E-state index in [2.05, 4.69) is 4.98 Å². The SMILES string of the molecule is CC(C)C(C)OC(=O)c1cc(Cl)nc(Cl)c1. The van der Waals surface area contributed by atoms with E-state index in [9.17, 15) is 4.79 Å². The van der Waals surface area contributed by atoms with E-state index in [1.807, 2.05) is 20.8 Å². The molecule has 1 atom stereocenters. The second-order valence-corrected chi connectivity index (χ2v) is 4.63. The van der Waals surface area contributed by atoms with Crippen LogP contribution >= 0.6 is 23.2 Å². The normalized spacial score (nSPS) is 12.6. The highest BCUT2D eigenvalue weighted by molar-refractivity contribution is 6.32. The predicted octanol–water partition coefficient (Wildman–Crippen LogP) is 3.59. The number of halogens is 2. The Labute approximate surface area is 105 Å². The maximum absolute atomic E-state index is 11.7. The van der Waals surface area contributed by atoms with Gasteiger partial charge in [0.2, 0.25) is 0 Å². The first-order valence-corrected chi connectivity index (χ1v) is 5.70. The predicted molar refractivity (Wildman–Crippen MR) is 64.0 cm³/mol. The van der Waals surface area contributed by atoms with Gasteiger partial charge in [-0.05, 0) is 25.0 Å². The second-order valence-electron chi connectivity index (χ2n) is 3.86. The van der Waals surface area contributed by atoms with Crippen molar-refractivity contribution < 1.29 is 9.53 Å². The van der Waals surface area contributed by atoms with Gasteiger partial charge in [0.25, 0.3) is 0 Å². The topological polar surface area (TPSA) is 39.2 Å². The monoisotopic (exact) mass is 261 g/mol. The molecular weight excluding hydrogens is 249 g/mol. The number of carbonyl (C=O) groups is 1. The minimum atomic E-state index is -0.438. The van der Waals surface area contributed by atoms with Crippen LogP contribution in [0.25, 0.3) is 0 Å². The van der Waals surface area contributed by atoms with E-state index in [4.69, 9.17) is 27.9 Å². The maximum Gasteiger partial charge on any atom is 0.338 e. The molecule has 0 bridgehead atoms. The van der Waals surface area contributed by atoms with Crippen molar-refractivity contribution >= 4 is 29.2 Å². The van der Waals surface area contributed by atoms with Gasteiger partial charge in [0.05, 0.1) is 5.56 Å². The van der Waals surface area contributed by atoms with Crippen LogP contribution in [-0.4, -0.2) is 17.1 Å². The molecule has 1 rings (SSSR count). The summed E-state index contributed by atoms with van der Waals surface area (Å²) < 4.78 is 5.22. The van der Waals surface area contributed by atoms with E-state index < -0.39 is 5.97 Å². The van der Waals surface area contributed by atoms with Crippen LogP contribution < -0.4 is 0 Å². The summed E-state index contributed by atoms with van der Waals surface area (Å²) in [7, 11) is 0. The zero-order valence-electron chi connectivity index (χ0n) is 9.33. The minimum absolute atomic E-state index is 0.154. The van der Waals surface area contributed by atoms with Gasteiger partial charge in [0, 0.05) is 0 Å². The summed E-state index contributed by atoms with van der Waals surface area (Å²) in [6, 6.07) is 2.87. The molecule has 0 N–H and O–H groups in total. The zero-order chi connectivity index (χ0) is 12.3. The van der Waals surface area contributed by atoms with Crippen LogP contribution in [0.4, 0.5) is 0 Å². The second kappa shape index (κ2) is 5.51. The Morgan fingerprint density at radius 3 is 2.19 bits per heavy atom. The fraction of sp³-hybridized carbons (Fsp3) is 0.455. The quantitative estimate of drug-likeness (QED) is 0.617. The van der Waals surface area contributed by atoms with Crippen molar-refractivity contribution in [3.8, 4) is 0 Å². The molecule has 1 aromatic heterocycles. The third-order valence-corrected chi connectivity index (χ3v) is 2.62. The van der Waals surface area contributed by atoms with E-state index in [0.29, 0.717) is 5.56 Å². The van der Waals surface area contributed by atoms with Gasteiger partial charge in [-0.15, -0.1) is 0 Å². The summed E-state index contributed by atoms with van der Waals surface area (Å²) in [5.41, 5.74) is 0.317. The zero-order valence-corrected chi connectivity index (χ0v) is 10.8. The van der Waals surface area contributed by atoms with E-state index in [1.54, 1.807) is 0 Å². The van der Waals surface area contributed by atoms with E-state index >= 15 is 0 Å². The third-order valence-electron chi connectivity index (χ3n) is 2.23. The molecule has 16 heavy (non-hydrogen) atoms. The first-order valence-electron chi connectivity index (χ1n) is 4.94. The number of rotatable bonds is 3. The molecule has 5 heteroatoms. The van der Waals surface area contributed by atoms with Gasteiger partial charge in [0.15, 0.2) is 0 Å². The molecule has 0 radical (unpaired) electrons. The van der Waals surface area contributed by atoms with E-state index in [1.165, 1.54) is 12.1 Å². The first-order chi connectivity index (χ1) is 7.40. The van der Waals surface area contributed by atoms with Gasteiger partial charge < -0.3 is 4.74 Å². The van der Waals surface area contributed by atoms with Crippen molar-refractivity contribution in [2.45, 2.75) is 26.9 Å². The van der Waals surface area contributed by atoms with Gasteiger partial charge >= 0.3 is 5.97 Å². The number of aromatic nitrogens is 1. The van der Waals surface area contributed by atoms with Crippen LogP contribution in [-0.2, 0) is 4.74 Å². The lowest BCUT2D eigenvalue weighted by Gasteiger charge is -2.16. The highest BCUT2D eigenvalue weighted by Crippen LogP contribution is 2.17. The van der Waals surface area contributed by atoms with E-state index in [-0.39, 0.29) is 22.3 Å². The number of hydrogen-bond donors (Lipinski definition) is 0. The molecular formula is C11H13Cl2NO2. The fourth-order valence-electron chi connectivity index (χ4n) is 0.956. The first kappa shape index (κ1) is 13.3. The summed E-state index contributed by atoms with van der Waals surface area (Å²) in [5, 5.41) is 0.355. The summed E-state index contributed by atoms with van der Waals surface area (Å²) >= 11 is 11.4. The molecule has 3 nitrogen and oxygen atoms in total. The average Bonchev–Trinajstić information content (AvgIpc) is 2.15. The summed E-state index contributed by atoms with van der Waals surface area (Å²) in [4.78, 5) is 15.5. The maximum atomic E-state index is 11.7. The van der Waals surface area contributed by atoms with Crippen LogP contribution in [0, 0.1) is 5.92 Å². The number of hydrogen-bond acceptors (Lipinski definition) is 3. The van der Waals surface area contributed by atoms with Gasteiger partial charge in [-0.2, -0.15) is 0 Å². The Bertz CT molecular complexity index is 373. The number of pyridine rings is 1. The van der Waals surface area contributed by atoms with Crippen LogP contribution in [0.2, 0.25) is 10.3 Å². The highest BCUT2D eigenvalue weighted by atomic mass is 35.5. The molecule has 1 heterocycles.